The number of likely N-dealkylation sites (tertiary alicyclic amines) is 1. The number of amides is 3. The third-order valence-electron chi connectivity index (χ3n) is 4.23. The lowest BCUT2D eigenvalue weighted by Gasteiger charge is -2.31. The van der Waals surface area contributed by atoms with E-state index in [0.717, 1.165) is 0 Å². The maximum absolute atomic E-state index is 12.8. The third-order valence-corrected chi connectivity index (χ3v) is 4.23. The van der Waals surface area contributed by atoms with Gasteiger partial charge in [-0.3, -0.25) is 19.2 Å². The van der Waals surface area contributed by atoms with E-state index < -0.39 is 36.4 Å². The molecule has 1 fully saturated rings. The number of hydrogen-bond donors (Lipinski definition) is 4. The summed E-state index contributed by atoms with van der Waals surface area (Å²) in [6.45, 7) is 3.43. The van der Waals surface area contributed by atoms with Crippen molar-refractivity contribution < 1.29 is 24.3 Å². The van der Waals surface area contributed by atoms with Gasteiger partial charge < -0.3 is 26.4 Å². The zero-order valence-corrected chi connectivity index (χ0v) is 14.1. The first-order valence-corrected chi connectivity index (χ1v) is 8.11. The highest BCUT2D eigenvalue weighted by atomic mass is 16.4. The number of carboxylic acid groups (broad SMARTS) is 1. The lowest BCUT2D eigenvalue weighted by molar-refractivity contribution is -0.143. The van der Waals surface area contributed by atoms with E-state index in [1.54, 1.807) is 0 Å². The quantitative estimate of drug-likeness (QED) is 0.430. The molecule has 1 aliphatic rings. The molecular formula is C15H26N4O5. The second-order valence-electron chi connectivity index (χ2n) is 5.94. The Morgan fingerprint density at radius 3 is 2.54 bits per heavy atom. The molecule has 0 spiro atoms. The van der Waals surface area contributed by atoms with Crippen LogP contribution in [0.15, 0.2) is 0 Å². The Morgan fingerprint density at radius 2 is 2.00 bits per heavy atom. The van der Waals surface area contributed by atoms with Crippen LogP contribution in [0, 0.1) is 5.92 Å². The highest BCUT2D eigenvalue weighted by molar-refractivity contribution is 5.93. The van der Waals surface area contributed by atoms with Gasteiger partial charge >= 0.3 is 5.97 Å². The van der Waals surface area contributed by atoms with Gasteiger partial charge in [0.1, 0.15) is 18.6 Å². The van der Waals surface area contributed by atoms with Crippen LogP contribution in [0.4, 0.5) is 0 Å². The van der Waals surface area contributed by atoms with Crippen LogP contribution in [0.2, 0.25) is 0 Å². The number of carbonyl (C=O) groups is 4. The van der Waals surface area contributed by atoms with E-state index in [1.165, 1.54) is 4.90 Å². The topological polar surface area (TPSA) is 142 Å². The lowest BCUT2D eigenvalue weighted by Crippen LogP contribution is -2.56. The van der Waals surface area contributed by atoms with Crippen molar-refractivity contribution in [3.05, 3.63) is 0 Å². The van der Waals surface area contributed by atoms with E-state index in [9.17, 15) is 19.2 Å². The van der Waals surface area contributed by atoms with E-state index in [1.807, 2.05) is 13.8 Å². The van der Waals surface area contributed by atoms with Crippen molar-refractivity contribution >= 4 is 23.7 Å². The van der Waals surface area contributed by atoms with E-state index in [2.05, 4.69) is 10.6 Å². The number of aliphatic carboxylic acids is 1. The van der Waals surface area contributed by atoms with Crippen LogP contribution in [0.25, 0.3) is 0 Å². The van der Waals surface area contributed by atoms with Crippen LogP contribution in [0.3, 0.4) is 0 Å². The SMILES string of the molecule is CCC(C)C(NC(=O)CN)C(=O)N1CCCC1C(=O)NCC(=O)O. The second kappa shape index (κ2) is 9.21. The van der Waals surface area contributed by atoms with Crippen LogP contribution in [-0.4, -0.2) is 65.4 Å². The summed E-state index contributed by atoms with van der Waals surface area (Å²) in [4.78, 5) is 48.5. The van der Waals surface area contributed by atoms with Crippen molar-refractivity contribution in [2.45, 2.75) is 45.2 Å². The Morgan fingerprint density at radius 1 is 1.33 bits per heavy atom. The molecule has 1 saturated heterocycles. The zero-order chi connectivity index (χ0) is 18.3. The molecule has 0 bridgehead atoms. The van der Waals surface area contributed by atoms with E-state index in [0.29, 0.717) is 25.8 Å². The molecule has 9 heteroatoms. The van der Waals surface area contributed by atoms with Crippen LogP contribution in [0.1, 0.15) is 33.1 Å². The largest absolute Gasteiger partial charge is 0.480 e. The van der Waals surface area contributed by atoms with Gasteiger partial charge in [-0.25, -0.2) is 0 Å². The molecule has 3 atom stereocenters. The number of carboxylic acids is 1. The Balaban J connectivity index is 2.85. The normalized spacial score (nSPS) is 19.5. The minimum absolute atomic E-state index is 0.115. The average molecular weight is 342 g/mol. The Bertz CT molecular complexity index is 496. The molecule has 24 heavy (non-hydrogen) atoms. The second-order valence-corrected chi connectivity index (χ2v) is 5.94. The molecule has 136 valence electrons. The van der Waals surface area contributed by atoms with Gasteiger partial charge in [0.25, 0.3) is 0 Å². The molecular weight excluding hydrogens is 316 g/mol. The Kier molecular flexibility index (Phi) is 7.63. The van der Waals surface area contributed by atoms with Gasteiger partial charge in [-0.2, -0.15) is 0 Å². The predicted molar refractivity (Wildman–Crippen MR) is 85.8 cm³/mol. The van der Waals surface area contributed by atoms with E-state index >= 15 is 0 Å². The summed E-state index contributed by atoms with van der Waals surface area (Å²) < 4.78 is 0. The maximum atomic E-state index is 12.8. The van der Waals surface area contributed by atoms with Gasteiger partial charge in [-0.15, -0.1) is 0 Å². The Labute approximate surface area is 140 Å². The highest BCUT2D eigenvalue weighted by Gasteiger charge is 2.38. The van der Waals surface area contributed by atoms with Crippen LogP contribution in [0.5, 0.6) is 0 Å². The molecule has 1 heterocycles. The fourth-order valence-corrected chi connectivity index (χ4v) is 2.68. The van der Waals surface area contributed by atoms with Gasteiger partial charge in [0.05, 0.1) is 6.54 Å². The Hall–Kier alpha value is -2.16. The van der Waals surface area contributed by atoms with Crippen molar-refractivity contribution in [1.82, 2.24) is 15.5 Å². The lowest BCUT2D eigenvalue weighted by atomic mass is 9.97. The van der Waals surface area contributed by atoms with Gasteiger partial charge in [0, 0.05) is 6.54 Å². The summed E-state index contributed by atoms with van der Waals surface area (Å²) in [5, 5.41) is 13.6. The molecule has 1 aliphatic heterocycles. The summed E-state index contributed by atoms with van der Waals surface area (Å²) in [5.74, 6) is -2.52. The van der Waals surface area contributed by atoms with Crippen molar-refractivity contribution in [2.24, 2.45) is 11.7 Å². The number of hydrogen-bond acceptors (Lipinski definition) is 5. The van der Waals surface area contributed by atoms with E-state index in [-0.39, 0.29) is 18.4 Å². The minimum atomic E-state index is -1.15. The summed E-state index contributed by atoms with van der Waals surface area (Å²) in [7, 11) is 0. The fourth-order valence-electron chi connectivity index (χ4n) is 2.68. The molecule has 0 saturated carbocycles. The number of rotatable bonds is 8. The summed E-state index contributed by atoms with van der Waals surface area (Å²) in [6.07, 6.45) is 1.79. The molecule has 3 amide bonds. The first-order valence-electron chi connectivity index (χ1n) is 8.11. The van der Waals surface area contributed by atoms with Crippen LogP contribution < -0.4 is 16.4 Å². The maximum Gasteiger partial charge on any atom is 0.322 e. The average Bonchev–Trinajstić information content (AvgIpc) is 3.05. The molecule has 3 unspecified atom stereocenters. The van der Waals surface area contributed by atoms with Crippen LogP contribution >= 0.6 is 0 Å². The smallest absolute Gasteiger partial charge is 0.322 e. The van der Waals surface area contributed by atoms with Crippen molar-refractivity contribution in [1.29, 1.82) is 0 Å². The summed E-state index contributed by atoms with van der Waals surface area (Å²) in [6, 6.07) is -1.46. The molecule has 0 aromatic heterocycles. The van der Waals surface area contributed by atoms with Gasteiger partial charge in [-0.05, 0) is 18.8 Å². The molecule has 0 aliphatic carbocycles. The van der Waals surface area contributed by atoms with Gasteiger partial charge in [0.15, 0.2) is 0 Å². The first kappa shape index (κ1) is 19.9. The predicted octanol–water partition coefficient (Wildman–Crippen LogP) is -1.33. The monoisotopic (exact) mass is 342 g/mol. The van der Waals surface area contributed by atoms with Gasteiger partial charge in [0.2, 0.25) is 17.7 Å². The third kappa shape index (κ3) is 5.19. The van der Waals surface area contributed by atoms with Crippen molar-refractivity contribution in [3.63, 3.8) is 0 Å². The van der Waals surface area contributed by atoms with Crippen molar-refractivity contribution in [2.75, 3.05) is 19.6 Å². The van der Waals surface area contributed by atoms with Crippen molar-refractivity contribution in [3.8, 4) is 0 Å². The van der Waals surface area contributed by atoms with E-state index in [4.69, 9.17) is 10.8 Å². The van der Waals surface area contributed by atoms with Crippen LogP contribution in [-0.2, 0) is 19.2 Å². The molecule has 0 aromatic carbocycles. The molecule has 1 rings (SSSR count). The number of nitrogens with one attached hydrogen (secondary N) is 2. The summed E-state index contributed by atoms with van der Waals surface area (Å²) in [5.41, 5.74) is 5.30. The fraction of sp³-hybridized carbons (Fsp3) is 0.733. The minimum Gasteiger partial charge on any atom is -0.480 e. The highest BCUT2D eigenvalue weighted by Crippen LogP contribution is 2.21. The summed E-state index contributed by atoms with van der Waals surface area (Å²) >= 11 is 0. The molecule has 5 N–H and O–H groups in total. The van der Waals surface area contributed by atoms with Gasteiger partial charge in [-0.1, -0.05) is 20.3 Å². The standard InChI is InChI=1S/C15H26N4O5/c1-3-9(2)13(18-11(20)7-16)15(24)19-6-4-5-10(19)14(23)17-8-12(21)22/h9-10,13H,3-8,16H2,1-2H3,(H,17,23)(H,18,20)(H,21,22). The number of nitrogens with zero attached hydrogens (tertiary/aromatic N) is 1. The molecule has 0 radical (unpaired) electrons. The zero-order valence-electron chi connectivity index (χ0n) is 14.1. The molecule has 0 aromatic rings. The first-order chi connectivity index (χ1) is 11.3. The number of carbonyl (C=O) groups excluding carboxylic acids is 3. The molecule has 9 nitrogen and oxygen atoms in total. The number of nitrogens with two attached hydrogens (primary N) is 1.